The van der Waals surface area contributed by atoms with Crippen LogP contribution in [0.5, 0.6) is 11.5 Å². The molecule has 0 fully saturated rings. The molecule has 0 aliphatic heterocycles. The number of aromatic nitrogens is 4. The van der Waals surface area contributed by atoms with E-state index in [0.29, 0.717) is 11.5 Å². The van der Waals surface area contributed by atoms with Gasteiger partial charge in [0.1, 0.15) is 0 Å². The minimum Gasteiger partial charge on any atom is -0.0619 e. The zero-order valence-corrected chi connectivity index (χ0v) is 33.3. The zero-order valence-electron chi connectivity index (χ0n) is 31.0. The number of benzene rings is 7. The fourth-order valence-corrected chi connectivity index (χ4v) is 10.5. The Morgan fingerprint density at radius 1 is 0.561 bits per heavy atom. The molecule has 3 aromatic heterocycles. The van der Waals surface area contributed by atoms with E-state index in [1.54, 1.807) is 0 Å². The number of fused-ring (bicyclic) bond motifs is 14. The van der Waals surface area contributed by atoms with E-state index in [-0.39, 0.29) is 0 Å². The van der Waals surface area contributed by atoms with Crippen molar-refractivity contribution >= 4 is 32.8 Å². The van der Waals surface area contributed by atoms with Crippen LogP contribution in [-0.4, -0.2) is 18.7 Å². The van der Waals surface area contributed by atoms with Crippen molar-refractivity contribution in [2.75, 3.05) is 0 Å². The molecule has 0 N–H and O–H groups in total. The van der Waals surface area contributed by atoms with Crippen molar-refractivity contribution in [3.05, 3.63) is 202 Å². The van der Waals surface area contributed by atoms with Crippen molar-refractivity contribution in [2.24, 2.45) is 7.05 Å². The van der Waals surface area contributed by atoms with Gasteiger partial charge in [0.2, 0.25) is 0 Å². The predicted molar refractivity (Wildman–Crippen MR) is 223 cm³/mol. The molecule has 0 radical (unpaired) electrons. The fraction of sp³-hybridized carbons (Fsp3) is 0.0588. The van der Waals surface area contributed by atoms with Gasteiger partial charge in [0, 0.05) is 6.20 Å². The zero-order chi connectivity index (χ0) is 38.0. The molecule has 0 saturated heterocycles. The van der Waals surface area contributed by atoms with Gasteiger partial charge in [-0.25, -0.2) is 0 Å². The van der Waals surface area contributed by atoms with Gasteiger partial charge in [-0.2, -0.15) is 0 Å². The first-order valence-electron chi connectivity index (χ1n) is 19.1. The summed E-state index contributed by atoms with van der Waals surface area (Å²) in [5.74, 6) is 2.07. The van der Waals surface area contributed by atoms with Crippen LogP contribution >= 0.6 is 0 Å². The minimum atomic E-state index is -0.451. The molecule has 2 aliphatic carbocycles. The van der Waals surface area contributed by atoms with Crippen LogP contribution in [0.3, 0.4) is 0 Å². The number of nitrogens with zero attached hydrogens (tertiary/aromatic N) is 4. The minimum absolute atomic E-state index is 0.451. The summed E-state index contributed by atoms with van der Waals surface area (Å²) in [6.45, 7) is 2.12. The standard InChI is InChI=1S/C51H32N4O.Pt/c1-32-24-25-52-50(26-32)55-48-28-35(56-34-13-11-12-33(27-34)54-31-53(2)46-20-9-10-21-47(46)54)22-23-39(48)41-29-40-38-16-5-8-19-44(38)51(45(40)30-49(41)55)42-17-6-3-14-36(42)37-15-4-7-18-43(37)51;/h3-26,29-30H,1-2H3;/q-2;. The third-order valence-corrected chi connectivity index (χ3v) is 13.3. The van der Waals surface area contributed by atoms with E-state index in [9.17, 15) is 0 Å². The Hall–Kier alpha value is -6.55. The summed E-state index contributed by atoms with van der Waals surface area (Å²) in [5.41, 5.74) is 16.2. The molecule has 5 nitrogen and oxygen atoms in total. The number of pyridine rings is 1. The van der Waals surface area contributed by atoms with Crippen molar-refractivity contribution in [1.29, 1.82) is 0 Å². The molecule has 3 heterocycles. The van der Waals surface area contributed by atoms with Gasteiger partial charge in [0.25, 0.3) is 0 Å². The summed E-state index contributed by atoms with van der Waals surface area (Å²) in [4.78, 5) is 4.96. The molecule has 6 heteroatoms. The van der Waals surface area contributed by atoms with E-state index in [2.05, 4.69) is 187 Å². The van der Waals surface area contributed by atoms with E-state index in [4.69, 9.17) is 9.72 Å². The molecule has 0 amide bonds. The van der Waals surface area contributed by atoms with Crippen molar-refractivity contribution in [1.82, 2.24) is 18.7 Å². The predicted octanol–water partition coefficient (Wildman–Crippen LogP) is 11.6. The van der Waals surface area contributed by atoms with Crippen LogP contribution in [0.25, 0.3) is 66.6 Å². The summed E-state index contributed by atoms with van der Waals surface area (Å²) in [7, 11) is 2.09. The van der Waals surface area contributed by atoms with Crippen molar-refractivity contribution in [3.63, 3.8) is 0 Å². The van der Waals surface area contributed by atoms with Crippen molar-refractivity contribution < 1.29 is 24.1 Å². The second kappa shape index (κ2) is 12.0. The van der Waals surface area contributed by atoms with Gasteiger partial charge >= 0.3 is 194 Å². The summed E-state index contributed by atoms with van der Waals surface area (Å²) < 4.78 is 14.4. The van der Waals surface area contributed by atoms with Gasteiger partial charge in [-0.1, -0.05) is 72.8 Å². The molecule has 2 aliphatic rings. The molecule has 0 atom stereocenters. The van der Waals surface area contributed by atoms with Crippen LogP contribution in [-0.2, 0) is 31.8 Å². The Bertz CT molecular complexity index is 3360. The van der Waals surface area contributed by atoms with Crippen LogP contribution in [0.2, 0.25) is 0 Å². The summed E-state index contributed by atoms with van der Waals surface area (Å²) in [6, 6.07) is 61.8. The van der Waals surface area contributed by atoms with Gasteiger partial charge in [-0.3, -0.25) is 0 Å². The molecule has 12 rings (SSSR count). The molecule has 57 heavy (non-hydrogen) atoms. The normalized spacial score (nSPS) is 13.3. The number of aryl methyl sites for hydroxylation is 2. The second-order valence-corrected chi connectivity index (χ2v) is 16.1. The first kappa shape index (κ1) is 32.7. The molecule has 0 saturated carbocycles. The maximum atomic E-state index is 6.63. The topological polar surface area (TPSA) is 36.9 Å². The number of hydrogen-bond donors (Lipinski definition) is 0. The molecular formula is C51H32N4OPt-2. The first-order valence-corrected chi connectivity index (χ1v) is 20.2. The third-order valence-electron chi connectivity index (χ3n) is 12.0. The van der Waals surface area contributed by atoms with Gasteiger partial charge in [-0.15, -0.1) is 0 Å². The quantitative estimate of drug-likeness (QED) is 0.165. The summed E-state index contributed by atoms with van der Waals surface area (Å²) in [6.07, 6.45) is 1.89. The average Bonchev–Trinajstić information content (AvgIpc) is 3.91. The molecule has 7 aromatic carbocycles. The van der Waals surface area contributed by atoms with Crippen LogP contribution in [0.15, 0.2) is 158 Å². The summed E-state index contributed by atoms with van der Waals surface area (Å²) in [5, 5.41) is 2.24. The third kappa shape index (κ3) is 4.43. The Morgan fingerprint density at radius 3 is 1.93 bits per heavy atom. The van der Waals surface area contributed by atoms with Crippen molar-refractivity contribution in [3.8, 4) is 45.3 Å². The van der Waals surface area contributed by atoms with Gasteiger partial charge < -0.3 is 0 Å². The van der Waals surface area contributed by atoms with Crippen LogP contribution in [0.4, 0.5) is 0 Å². The molecule has 274 valence electrons. The molecule has 0 bridgehead atoms. The van der Waals surface area contributed by atoms with E-state index in [1.807, 2.05) is 30.5 Å². The first-order chi connectivity index (χ1) is 28.0. The van der Waals surface area contributed by atoms with E-state index < -0.39 is 5.41 Å². The Kier molecular flexibility index (Phi) is 6.86. The Morgan fingerprint density at radius 2 is 1.21 bits per heavy atom. The van der Waals surface area contributed by atoms with Crippen molar-refractivity contribution in [2.45, 2.75) is 12.3 Å². The number of rotatable bonds is 4. The Balaban J connectivity index is 1.08. The molecular weight excluding hydrogens is 880 g/mol. The van der Waals surface area contributed by atoms with Gasteiger partial charge in [0.15, 0.2) is 0 Å². The van der Waals surface area contributed by atoms with E-state index >= 15 is 0 Å². The number of imidazole rings is 1. The fourth-order valence-electron chi connectivity index (χ4n) is 9.68. The van der Waals surface area contributed by atoms with Gasteiger partial charge in [-0.05, 0) is 63.1 Å². The van der Waals surface area contributed by atoms with E-state index in [1.165, 1.54) is 44.5 Å². The molecule has 10 aromatic rings. The smallest absolute Gasteiger partial charge is 0.0619 e. The Labute approximate surface area is 340 Å². The second-order valence-electron chi connectivity index (χ2n) is 15.0. The molecule has 0 unspecified atom stereocenters. The SMILES string of the molecule is Cc1ccnc(-n2c3[c-]c(Oc4[c-]c(-n5[c](=[Pt])n(C)c6ccccc65)ccc4)ccc3c3cc4c(cc32)C2(c3ccccc3-c3ccccc32)c2ccccc2-4)c1. The van der Waals surface area contributed by atoms with Crippen LogP contribution in [0.1, 0.15) is 27.8 Å². The molecule has 1 spiro atoms. The van der Waals surface area contributed by atoms with Gasteiger partial charge in [0.05, 0.1) is 5.41 Å². The number of para-hydroxylation sites is 2. The number of ether oxygens (including phenoxy) is 1. The monoisotopic (exact) mass is 911 g/mol. The van der Waals surface area contributed by atoms with Crippen LogP contribution in [0, 0.1) is 22.9 Å². The van der Waals surface area contributed by atoms with Crippen LogP contribution < -0.4 is 4.74 Å². The summed E-state index contributed by atoms with van der Waals surface area (Å²) >= 11 is 2.38. The average molecular weight is 912 g/mol. The number of hydrogen-bond acceptors (Lipinski definition) is 2. The maximum absolute atomic E-state index is 6.63. The van der Waals surface area contributed by atoms with E-state index in [0.717, 1.165) is 53.7 Å².